The van der Waals surface area contributed by atoms with Crippen molar-refractivity contribution in [3.05, 3.63) is 11.3 Å². The highest BCUT2D eigenvalue weighted by Gasteiger charge is 2.20. The molecule has 110 valence electrons. The highest BCUT2D eigenvalue weighted by atomic mass is 16.5. The van der Waals surface area contributed by atoms with Gasteiger partial charge in [-0.1, -0.05) is 4.98 Å². The molecule has 1 amide bonds. The highest BCUT2D eigenvalue weighted by molar-refractivity contribution is 5.83. The van der Waals surface area contributed by atoms with E-state index < -0.39 is 6.09 Å². The van der Waals surface area contributed by atoms with Crippen LogP contribution in [0.4, 0.5) is 22.4 Å². The van der Waals surface area contributed by atoms with Gasteiger partial charge in [0.25, 0.3) is 0 Å². The normalized spacial score (nSPS) is 14.9. The lowest BCUT2D eigenvalue weighted by Gasteiger charge is -2.27. The summed E-state index contributed by atoms with van der Waals surface area (Å²) in [7, 11) is 0. The van der Waals surface area contributed by atoms with Crippen molar-refractivity contribution in [1.29, 1.82) is 0 Å². The van der Waals surface area contributed by atoms with Crippen LogP contribution in [-0.4, -0.2) is 44.0 Å². The van der Waals surface area contributed by atoms with Gasteiger partial charge in [0.1, 0.15) is 0 Å². The minimum absolute atomic E-state index is 0.0163. The van der Waals surface area contributed by atoms with Gasteiger partial charge >= 0.3 is 12.0 Å². The molecule has 3 N–H and O–H groups in total. The molecule has 0 aliphatic carbocycles. The smallest absolute Gasteiger partial charge is 0.458 e. The van der Waals surface area contributed by atoms with E-state index in [9.17, 15) is 10.0 Å². The summed E-state index contributed by atoms with van der Waals surface area (Å²) in [6.45, 7) is 4.33. The average Bonchev–Trinajstić information content (AvgIpc) is 2.45. The molecule has 1 fully saturated rings. The van der Waals surface area contributed by atoms with Gasteiger partial charge in [0.2, 0.25) is 5.82 Å². The average molecular weight is 283 g/mol. The van der Waals surface area contributed by atoms with Crippen molar-refractivity contribution in [1.82, 2.24) is 4.98 Å². The molecule has 1 aliphatic heterocycles. The molecule has 20 heavy (non-hydrogen) atoms. The quantitative estimate of drug-likeness (QED) is 0.578. The number of morpholine rings is 1. The monoisotopic (exact) mass is 283 g/mol. The number of aromatic nitrogens is 2. The third kappa shape index (κ3) is 3.18. The Hall–Kier alpha value is -2.29. The zero-order chi connectivity index (χ0) is 14.5. The molecule has 0 saturated carbocycles. The Bertz CT molecular complexity index is 490. The standard InChI is InChI=1S/C11H17N5O4/c1-2-20-11(17)14-9-7-8(13-10(12)16(9)18)15-3-5-19-6-4-15/h7H,2-6H2,1H3,(H2,12,13)(H,14,17). The molecule has 1 saturated heterocycles. The van der Waals surface area contributed by atoms with Gasteiger partial charge in [0, 0.05) is 13.1 Å². The molecule has 0 radical (unpaired) electrons. The van der Waals surface area contributed by atoms with E-state index >= 15 is 0 Å². The first kappa shape index (κ1) is 14.1. The first-order chi connectivity index (χ1) is 9.61. The number of carbonyl (C=O) groups is 1. The summed E-state index contributed by atoms with van der Waals surface area (Å²) >= 11 is 0. The highest BCUT2D eigenvalue weighted by Crippen LogP contribution is 2.17. The predicted octanol–water partition coefficient (Wildman–Crippen LogP) is -0.298. The van der Waals surface area contributed by atoms with Gasteiger partial charge in [0.05, 0.1) is 25.9 Å². The maximum Gasteiger partial charge on any atom is 0.458 e. The zero-order valence-electron chi connectivity index (χ0n) is 11.2. The SMILES string of the molecule is CCOC(=O)Nc1cc(N2CCOCC2)nc(N)[n+]1[O-]. The van der Waals surface area contributed by atoms with Crippen LogP contribution in [0.3, 0.4) is 0 Å². The summed E-state index contributed by atoms with van der Waals surface area (Å²) in [5.41, 5.74) is 5.57. The third-order valence-electron chi connectivity index (χ3n) is 2.76. The topological polar surface area (TPSA) is 117 Å². The van der Waals surface area contributed by atoms with E-state index in [1.165, 1.54) is 6.07 Å². The second kappa shape index (κ2) is 6.24. The molecule has 0 spiro atoms. The first-order valence-electron chi connectivity index (χ1n) is 6.28. The number of ether oxygens (including phenoxy) is 2. The summed E-state index contributed by atoms with van der Waals surface area (Å²) < 4.78 is 10.3. The number of nitrogens with zero attached hydrogens (tertiary/aromatic N) is 3. The fraction of sp³-hybridized carbons (Fsp3) is 0.545. The number of hydrogen-bond donors (Lipinski definition) is 2. The summed E-state index contributed by atoms with van der Waals surface area (Å²) in [6, 6.07) is 1.46. The fourth-order valence-corrected chi connectivity index (χ4v) is 1.81. The summed E-state index contributed by atoms with van der Waals surface area (Å²) in [5.74, 6) is 0.267. The maximum atomic E-state index is 11.8. The van der Waals surface area contributed by atoms with Crippen LogP contribution in [0.5, 0.6) is 0 Å². The van der Waals surface area contributed by atoms with Gasteiger partial charge in [0.15, 0.2) is 5.82 Å². The van der Waals surface area contributed by atoms with Crippen molar-refractivity contribution in [3.8, 4) is 0 Å². The maximum absolute atomic E-state index is 11.8. The number of nitrogens with two attached hydrogens (primary N) is 1. The largest absolute Gasteiger partial charge is 0.754 e. The Morgan fingerprint density at radius 3 is 3.00 bits per heavy atom. The molecule has 0 bridgehead atoms. The van der Waals surface area contributed by atoms with Gasteiger partial charge in [-0.25, -0.2) is 14.8 Å². The van der Waals surface area contributed by atoms with Crippen molar-refractivity contribution in [2.24, 2.45) is 0 Å². The summed E-state index contributed by atoms with van der Waals surface area (Å²) in [5, 5.41) is 14.1. The van der Waals surface area contributed by atoms with Crippen LogP contribution in [0.25, 0.3) is 0 Å². The minimum atomic E-state index is -0.712. The van der Waals surface area contributed by atoms with E-state index in [2.05, 4.69) is 10.3 Å². The molecular formula is C11H17N5O4. The lowest BCUT2D eigenvalue weighted by atomic mass is 10.4. The Kier molecular flexibility index (Phi) is 4.41. The molecule has 9 heteroatoms. The molecule has 1 aromatic heterocycles. The Morgan fingerprint density at radius 1 is 1.65 bits per heavy atom. The number of rotatable bonds is 3. The van der Waals surface area contributed by atoms with Crippen molar-refractivity contribution < 1.29 is 19.0 Å². The van der Waals surface area contributed by atoms with E-state index in [4.69, 9.17) is 15.2 Å². The van der Waals surface area contributed by atoms with Crippen LogP contribution in [0.15, 0.2) is 6.07 Å². The van der Waals surface area contributed by atoms with E-state index in [1.54, 1.807) is 6.92 Å². The number of amides is 1. The summed E-state index contributed by atoms with van der Waals surface area (Å²) in [6.07, 6.45) is -0.712. The molecule has 0 aromatic carbocycles. The van der Waals surface area contributed by atoms with Gasteiger partial charge in [-0.3, -0.25) is 0 Å². The van der Waals surface area contributed by atoms with E-state index in [1.807, 2.05) is 4.90 Å². The van der Waals surface area contributed by atoms with Crippen molar-refractivity contribution in [2.75, 3.05) is 48.9 Å². The molecule has 2 rings (SSSR count). The van der Waals surface area contributed by atoms with Crippen molar-refractivity contribution in [3.63, 3.8) is 0 Å². The fourth-order valence-electron chi connectivity index (χ4n) is 1.81. The number of nitrogen functional groups attached to an aromatic ring is 1. The zero-order valence-corrected chi connectivity index (χ0v) is 11.2. The van der Waals surface area contributed by atoms with E-state index in [-0.39, 0.29) is 18.4 Å². The minimum Gasteiger partial charge on any atom is -0.754 e. The Morgan fingerprint density at radius 2 is 2.35 bits per heavy atom. The lowest BCUT2D eigenvalue weighted by molar-refractivity contribution is -0.577. The van der Waals surface area contributed by atoms with E-state index in [0.29, 0.717) is 36.9 Å². The molecule has 1 aromatic rings. The lowest BCUT2D eigenvalue weighted by Crippen LogP contribution is -2.41. The van der Waals surface area contributed by atoms with Crippen LogP contribution in [0, 0.1) is 5.21 Å². The molecule has 9 nitrogen and oxygen atoms in total. The van der Waals surface area contributed by atoms with E-state index in [0.717, 1.165) is 0 Å². The first-order valence-corrected chi connectivity index (χ1v) is 6.28. The van der Waals surface area contributed by atoms with Crippen LogP contribution >= 0.6 is 0 Å². The molecular weight excluding hydrogens is 266 g/mol. The number of anilines is 3. The van der Waals surface area contributed by atoms with Crippen molar-refractivity contribution in [2.45, 2.75) is 6.92 Å². The second-order valence-corrected chi connectivity index (χ2v) is 4.10. The predicted molar refractivity (Wildman–Crippen MR) is 71.3 cm³/mol. The van der Waals surface area contributed by atoms with Gasteiger partial charge in [-0.05, 0) is 6.92 Å². The van der Waals surface area contributed by atoms with Gasteiger partial charge in [-0.2, -0.15) is 0 Å². The van der Waals surface area contributed by atoms with Crippen LogP contribution in [-0.2, 0) is 9.47 Å². The Balaban J connectivity index is 2.22. The number of hydrogen-bond acceptors (Lipinski definition) is 7. The number of nitrogens with one attached hydrogen (secondary N) is 1. The summed E-state index contributed by atoms with van der Waals surface area (Å²) in [4.78, 5) is 17.3. The number of carbonyl (C=O) groups excluding carboxylic acids is 1. The van der Waals surface area contributed by atoms with Crippen LogP contribution in [0.1, 0.15) is 6.92 Å². The third-order valence-corrected chi connectivity index (χ3v) is 2.76. The van der Waals surface area contributed by atoms with Gasteiger partial charge < -0.3 is 25.3 Å². The van der Waals surface area contributed by atoms with Crippen LogP contribution < -0.4 is 20.7 Å². The molecule has 0 unspecified atom stereocenters. The Labute approximate surface area is 115 Å². The molecule has 2 heterocycles. The van der Waals surface area contributed by atoms with Crippen LogP contribution in [0.2, 0.25) is 0 Å². The van der Waals surface area contributed by atoms with Crippen molar-refractivity contribution >= 4 is 23.7 Å². The van der Waals surface area contributed by atoms with Gasteiger partial charge in [-0.15, -0.1) is 0 Å². The molecule has 1 aliphatic rings. The molecule has 0 atom stereocenters. The second-order valence-electron chi connectivity index (χ2n) is 4.10.